The van der Waals surface area contributed by atoms with Gasteiger partial charge in [0.15, 0.2) is 11.4 Å². The molecule has 6 N–H and O–H groups in total. The fraction of sp³-hybridized carbons (Fsp3) is 0.581. The maximum atomic E-state index is 14.8. The molecular formula is C31H38F3N3O7. The van der Waals surface area contributed by atoms with E-state index in [1.54, 1.807) is 0 Å². The predicted molar refractivity (Wildman–Crippen MR) is 152 cm³/mol. The van der Waals surface area contributed by atoms with Crippen LogP contribution in [0.4, 0.5) is 13.2 Å². The molecule has 4 aliphatic carbocycles. The number of phenols is 1. The van der Waals surface area contributed by atoms with Crippen molar-refractivity contribution < 1.29 is 48.0 Å². The van der Waals surface area contributed by atoms with Crippen LogP contribution < -0.4 is 5.73 Å². The van der Waals surface area contributed by atoms with Crippen molar-refractivity contribution in [2.45, 2.75) is 69.8 Å². The number of halogens is 3. The average Bonchev–Trinajstić information content (AvgIpc) is 3.42. The lowest BCUT2D eigenvalue weighted by Crippen LogP contribution is -2.63. The Morgan fingerprint density at radius 2 is 1.77 bits per heavy atom. The second kappa shape index (κ2) is 11.2. The number of amides is 1. The van der Waals surface area contributed by atoms with Crippen LogP contribution in [0.5, 0.6) is 5.75 Å². The van der Waals surface area contributed by atoms with E-state index in [2.05, 4.69) is 0 Å². The van der Waals surface area contributed by atoms with Gasteiger partial charge in [-0.05, 0) is 75.4 Å². The predicted octanol–water partition coefficient (Wildman–Crippen LogP) is 3.15. The van der Waals surface area contributed by atoms with Crippen LogP contribution in [0.1, 0.15) is 66.1 Å². The summed E-state index contributed by atoms with van der Waals surface area (Å²) in [5.41, 5.74) is -1.26. The number of alkyl halides is 3. The number of hydrogen-bond donors (Lipinski definition) is 5. The lowest BCUT2D eigenvalue weighted by Gasteiger charge is -2.50. The monoisotopic (exact) mass is 621 g/mol. The van der Waals surface area contributed by atoms with Gasteiger partial charge in [0.25, 0.3) is 5.91 Å². The van der Waals surface area contributed by atoms with E-state index < -0.39 is 98.7 Å². The summed E-state index contributed by atoms with van der Waals surface area (Å²) in [6.07, 6.45) is -1.45. The van der Waals surface area contributed by atoms with Crippen molar-refractivity contribution >= 4 is 17.5 Å². The molecule has 1 aromatic carbocycles. The molecule has 0 heterocycles. The van der Waals surface area contributed by atoms with Gasteiger partial charge in [-0.3, -0.25) is 24.2 Å². The third-order valence-electron chi connectivity index (χ3n) is 9.92. The van der Waals surface area contributed by atoms with Crippen LogP contribution in [0.2, 0.25) is 0 Å². The maximum Gasteiger partial charge on any atom is 0.417 e. The van der Waals surface area contributed by atoms with Gasteiger partial charge in [-0.15, -0.1) is 0 Å². The molecule has 0 saturated heterocycles. The molecule has 1 saturated carbocycles. The van der Waals surface area contributed by atoms with Gasteiger partial charge >= 0.3 is 6.18 Å². The first-order valence-electron chi connectivity index (χ1n) is 14.9. The van der Waals surface area contributed by atoms with Crippen molar-refractivity contribution in [2.24, 2.45) is 23.5 Å². The number of ketones is 2. The minimum atomic E-state index is -4.89. The standard InChI is InChI=1S/C31H38F3N3O7/c1-4-37(12-14-7-5-6-8-14)13-16-11-19(38)21-17(23(16)31(32,33)34)9-15-10-18-24(36(2)3)26(40)22(29(35)43)28(42)30(18,44)27(41)20(15)25(21)39/h11,14-15,18,24,38,40-41,44H,4-10,12-13H2,1-3H3,(H2,35,43)/t15-,18-,24-,30-/m0/s1. The lowest BCUT2D eigenvalue weighted by molar-refractivity contribution is -0.148. The van der Waals surface area contributed by atoms with E-state index in [1.165, 1.54) is 19.0 Å². The van der Waals surface area contributed by atoms with E-state index >= 15 is 0 Å². The number of aliphatic hydroxyl groups excluding tert-OH is 2. The number of fused-ring (bicyclic) bond motifs is 3. The number of likely N-dealkylation sites (N-methyl/N-ethyl adjacent to an activating group) is 1. The van der Waals surface area contributed by atoms with Gasteiger partial charge in [0, 0.05) is 24.6 Å². The summed E-state index contributed by atoms with van der Waals surface area (Å²) in [5, 5.41) is 44.9. The summed E-state index contributed by atoms with van der Waals surface area (Å²) in [7, 11) is 2.95. The first-order valence-corrected chi connectivity index (χ1v) is 14.9. The van der Waals surface area contributed by atoms with Crippen LogP contribution in [0.3, 0.4) is 0 Å². The number of nitrogens with two attached hydrogens (primary N) is 1. The molecular weight excluding hydrogens is 583 g/mol. The number of aromatic hydroxyl groups is 1. The number of benzene rings is 1. The molecule has 0 bridgehead atoms. The Morgan fingerprint density at radius 1 is 1.14 bits per heavy atom. The molecule has 4 aliphatic rings. The van der Waals surface area contributed by atoms with Gasteiger partial charge in [-0.2, -0.15) is 13.2 Å². The molecule has 1 aromatic rings. The summed E-state index contributed by atoms with van der Waals surface area (Å²) in [6, 6.07) is -0.300. The van der Waals surface area contributed by atoms with Crippen molar-refractivity contribution in [2.75, 3.05) is 27.2 Å². The van der Waals surface area contributed by atoms with Crippen molar-refractivity contribution in [1.82, 2.24) is 9.80 Å². The number of aliphatic hydroxyl groups is 3. The minimum absolute atomic E-state index is 0.0936. The number of carbonyl (C=O) groups is 3. The van der Waals surface area contributed by atoms with Gasteiger partial charge in [-0.25, -0.2) is 0 Å². The molecule has 0 spiro atoms. The molecule has 0 aromatic heterocycles. The zero-order valence-electron chi connectivity index (χ0n) is 24.9. The third kappa shape index (κ3) is 4.89. The number of allylic oxidation sites excluding steroid dienone is 1. The zero-order valence-corrected chi connectivity index (χ0v) is 24.9. The van der Waals surface area contributed by atoms with Gasteiger partial charge in [0.05, 0.1) is 17.2 Å². The molecule has 4 atom stereocenters. The van der Waals surface area contributed by atoms with E-state index in [4.69, 9.17) is 5.73 Å². The van der Waals surface area contributed by atoms with Crippen LogP contribution in [-0.4, -0.2) is 86.5 Å². The van der Waals surface area contributed by atoms with Gasteiger partial charge < -0.3 is 26.2 Å². The highest BCUT2D eigenvalue weighted by Gasteiger charge is 2.63. The minimum Gasteiger partial charge on any atom is -0.510 e. The number of carbonyl (C=O) groups excluding carboxylic acids is 3. The Bertz CT molecular complexity index is 1480. The Kier molecular flexibility index (Phi) is 8.13. The van der Waals surface area contributed by atoms with E-state index in [0.717, 1.165) is 31.7 Å². The van der Waals surface area contributed by atoms with E-state index in [-0.39, 0.29) is 18.5 Å². The van der Waals surface area contributed by atoms with Crippen LogP contribution in [0, 0.1) is 17.8 Å². The third-order valence-corrected chi connectivity index (χ3v) is 9.92. The summed E-state index contributed by atoms with van der Waals surface area (Å²) >= 11 is 0. The van der Waals surface area contributed by atoms with E-state index in [0.29, 0.717) is 19.0 Å². The van der Waals surface area contributed by atoms with Gasteiger partial charge in [0.2, 0.25) is 5.78 Å². The smallest absolute Gasteiger partial charge is 0.417 e. The highest BCUT2D eigenvalue weighted by atomic mass is 19.4. The highest BCUT2D eigenvalue weighted by Crippen LogP contribution is 2.54. The zero-order chi connectivity index (χ0) is 32.5. The number of hydrogen-bond acceptors (Lipinski definition) is 9. The van der Waals surface area contributed by atoms with E-state index in [9.17, 15) is 48.0 Å². The Balaban J connectivity index is 1.65. The fourth-order valence-electron chi connectivity index (χ4n) is 7.97. The molecule has 1 amide bonds. The second-order valence-electron chi connectivity index (χ2n) is 12.7. The topological polar surface area (TPSA) is 165 Å². The quantitative estimate of drug-likeness (QED) is 0.288. The van der Waals surface area contributed by atoms with Gasteiger partial charge in [0.1, 0.15) is 22.8 Å². The molecule has 44 heavy (non-hydrogen) atoms. The molecule has 0 radical (unpaired) electrons. The summed E-state index contributed by atoms with van der Waals surface area (Å²) in [5.74, 6) is -8.56. The largest absolute Gasteiger partial charge is 0.510 e. The van der Waals surface area contributed by atoms with Crippen molar-refractivity contribution in [3.63, 3.8) is 0 Å². The molecule has 5 rings (SSSR count). The molecule has 240 valence electrons. The molecule has 0 aliphatic heterocycles. The molecule has 0 unspecified atom stereocenters. The number of Topliss-reactive ketones (excluding diaryl/α,β-unsaturated/α-hetero) is 2. The Labute approximate surface area is 252 Å². The Hall–Kier alpha value is -3.42. The lowest BCUT2D eigenvalue weighted by atomic mass is 9.58. The first kappa shape index (κ1) is 32.0. The molecule has 1 fully saturated rings. The average molecular weight is 622 g/mol. The van der Waals surface area contributed by atoms with Crippen LogP contribution in [0.25, 0.3) is 0 Å². The number of nitrogens with zero attached hydrogens (tertiary/aromatic N) is 2. The van der Waals surface area contributed by atoms with Crippen molar-refractivity contribution in [3.8, 4) is 5.75 Å². The highest BCUT2D eigenvalue weighted by molar-refractivity contribution is 6.24. The summed E-state index contributed by atoms with van der Waals surface area (Å²) in [6.45, 7) is 2.85. The van der Waals surface area contributed by atoms with Crippen molar-refractivity contribution in [3.05, 3.63) is 51.0 Å². The van der Waals surface area contributed by atoms with Crippen LogP contribution in [-0.2, 0) is 28.7 Å². The number of primary amides is 1. The second-order valence-corrected chi connectivity index (χ2v) is 12.7. The van der Waals surface area contributed by atoms with Gasteiger partial charge in [-0.1, -0.05) is 19.8 Å². The molecule has 13 heteroatoms. The maximum absolute atomic E-state index is 14.8. The van der Waals surface area contributed by atoms with Crippen LogP contribution >= 0.6 is 0 Å². The van der Waals surface area contributed by atoms with Crippen LogP contribution in [0.15, 0.2) is 28.7 Å². The number of rotatable bonds is 7. The fourth-order valence-corrected chi connectivity index (χ4v) is 7.97. The molecule has 10 nitrogen and oxygen atoms in total. The number of phenolic OH excluding ortho intramolecular Hbond substituents is 1. The summed E-state index contributed by atoms with van der Waals surface area (Å²) in [4.78, 5) is 42.7. The SMILES string of the molecule is CCN(Cc1cc(O)c2c(c1C(F)(F)F)C[C@H]1C[C@H]3[C@H](N(C)C)C(O)=C(C(N)=O)C(=O)[C@@]3(O)C(O)=C1C2=O)CC1CCCC1. The Morgan fingerprint density at radius 3 is 2.32 bits per heavy atom. The first-order chi connectivity index (χ1) is 20.5. The normalized spacial score (nSPS) is 27.7. The summed E-state index contributed by atoms with van der Waals surface area (Å²) < 4.78 is 44.5. The van der Waals surface area contributed by atoms with Crippen molar-refractivity contribution in [1.29, 1.82) is 0 Å². The van der Waals surface area contributed by atoms with E-state index in [1.807, 2.05) is 11.8 Å².